The standard InChI is InChI=1S/C52H38N2OS/c1-3-14-33(15-4-1)38-29-31-44(51-50(38)42-21-9-11-24-47(42)55-51)54(45-23-13-22-40-39-20-10-12-25-48(39)56-52(40)45)36-27-28-41-46(32-36)53(35-17-5-2-6-18-35)43-30-26-34-16-7-8-19-37(34)49(41)43/h1-26,29-32,41,45-46,52H,27-28H2. The fraction of sp³-hybridized carbons (Fsp3) is 0.115. The SMILES string of the molecule is C1=CC(N(C2=CC3C(CC2)c2c(ccc4ccccc24)N3c2ccccc2)c2ccc(-c3ccccc3)c3c2oc2ccccc23)C2Sc3ccccc3C2=C1. The third-order valence-electron chi connectivity index (χ3n) is 12.5. The van der Waals surface area contributed by atoms with Gasteiger partial charge in [0.25, 0.3) is 0 Å². The molecule has 4 heteroatoms. The summed E-state index contributed by atoms with van der Waals surface area (Å²) in [6, 6.07) is 57.8. The van der Waals surface area contributed by atoms with Gasteiger partial charge in [0.2, 0.25) is 0 Å². The first-order valence-electron chi connectivity index (χ1n) is 19.8. The molecule has 4 aliphatic rings. The quantitative estimate of drug-likeness (QED) is 0.175. The molecular formula is C52H38N2OS. The molecule has 2 aliphatic heterocycles. The summed E-state index contributed by atoms with van der Waals surface area (Å²) in [5, 5.41) is 5.24. The molecule has 0 radical (unpaired) electrons. The van der Waals surface area contributed by atoms with Crippen LogP contribution in [-0.2, 0) is 0 Å². The van der Waals surface area contributed by atoms with Crippen molar-refractivity contribution < 1.29 is 4.42 Å². The lowest BCUT2D eigenvalue weighted by atomic mass is 9.82. The van der Waals surface area contributed by atoms with E-state index in [-0.39, 0.29) is 17.3 Å². The van der Waals surface area contributed by atoms with E-state index in [0.29, 0.717) is 5.92 Å². The topological polar surface area (TPSA) is 19.6 Å². The number of furan rings is 1. The monoisotopic (exact) mass is 738 g/mol. The van der Waals surface area contributed by atoms with Gasteiger partial charge in [0.05, 0.1) is 23.0 Å². The summed E-state index contributed by atoms with van der Waals surface area (Å²) >= 11 is 2.00. The molecule has 0 spiro atoms. The molecule has 12 rings (SSSR count). The number of allylic oxidation sites excluding steroid dienone is 3. The van der Waals surface area contributed by atoms with Gasteiger partial charge >= 0.3 is 0 Å². The maximum absolute atomic E-state index is 7.03. The number of benzene rings is 7. The number of rotatable bonds is 5. The summed E-state index contributed by atoms with van der Waals surface area (Å²) < 4.78 is 7.03. The normalized spacial score (nSPS) is 20.8. The van der Waals surface area contributed by atoms with Crippen molar-refractivity contribution in [2.75, 3.05) is 9.80 Å². The van der Waals surface area contributed by atoms with Gasteiger partial charge in [-0.3, -0.25) is 0 Å². The molecule has 0 saturated heterocycles. The van der Waals surface area contributed by atoms with E-state index in [0.717, 1.165) is 35.1 Å². The van der Waals surface area contributed by atoms with E-state index in [1.807, 2.05) is 11.8 Å². The minimum Gasteiger partial charge on any atom is -0.454 e. The van der Waals surface area contributed by atoms with Crippen molar-refractivity contribution in [2.24, 2.45) is 0 Å². The van der Waals surface area contributed by atoms with Gasteiger partial charge < -0.3 is 14.2 Å². The highest BCUT2D eigenvalue weighted by atomic mass is 32.2. The molecule has 7 aromatic carbocycles. The van der Waals surface area contributed by atoms with Gasteiger partial charge in [-0.15, -0.1) is 11.8 Å². The molecule has 3 heterocycles. The van der Waals surface area contributed by atoms with E-state index in [9.17, 15) is 0 Å². The molecule has 0 bridgehead atoms. The molecule has 3 nitrogen and oxygen atoms in total. The summed E-state index contributed by atoms with van der Waals surface area (Å²) in [4.78, 5) is 6.64. The molecular weight excluding hydrogens is 701 g/mol. The number of hydrogen-bond donors (Lipinski definition) is 0. The predicted octanol–water partition coefficient (Wildman–Crippen LogP) is 13.7. The molecule has 1 aromatic heterocycles. The van der Waals surface area contributed by atoms with Gasteiger partial charge in [-0.05, 0) is 93.9 Å². The van der Waals surface area contributed by atoms with E-state index in [1.54, 1.807) is 0 Å². The van der Waals surface area contributed by atoms with Crippen LogP contribution < -0.4 is 9.80 Å². The van der Waals surface area contributed by atoms with Gasteiger partial charge in [-0.25, -0.2) is 0 Å². The van der Waals surface area contributed by atoms with Crippen LogP contribution in [0.3, 0.4) is 0 Å². The number of thioether (sulfide) groups is 1. The number of anilines is 3. The molecule has 0 N–H and O–H groups in total. The highest BCUT2D eigenvalue weighted by molar-refractivity contribution is 8.01. The van der Waals surface area contributed by atoms with E-state index in [1.165, 1.54) is 66.0 Å². The van der Waals surface area contributed by atoms with Crippen molar-refractivity contribution in [1.82, 2.24) is 0 Å². The maximum atomic E-state index is 7.03. The second-order valence-electron chi connectivity index (χ2n) is 15.4. The van der Waals surface area contributed by atoms with E-state index < -0.39 is 0 Å². The summed E-state index contributed by atoms with van der Waals surface area (Å²) in [5.41, 5.74) is 13.5. The fourth-order valence-electron chi connectivity index (χ4n) is 10.1. The zero-order valence-corrected chi connectivity index (χ0v) is 31.6. The van der Waals surface area contributed by atoms with Crippen LogP contribution in [0.1, 0.15) is 29.9 Å². The van der Waals surface area contributed by atoms with Crippen molar-refractivity contribution in [3.8, 4) is 11.1 Å². The van der Waals surface area contributed by atoms with Crippen LogP contribution >= 0.6 is 11.8 Å². The Balaban J connectivity index is 1.09. The Hall–Kier alpha value is -6.23. The molecule has 0 fully saturated rings. The van der Waals surface area contributed by atoms with E-state index >= 15 is 0 Å². The largest absolute Gasteiger partial charge is 0.454 e. The first kappa shape index (κ1) is 32.1. The van der Waals surface area contributed by atoms with Crippen LogP contribution in [-0.4, -0.2) is 17.3 Å². The number of hydrogen-bond acceptors (Lipinski definition) is 4. The van der Waals surface area contributed by atoms with Crippen molar-refractivity contribution in [1.29, 1.82) is 0 Å². The summed E-state index contributed by atoms with van der Waals surface area (Å²) in [6.45, 7) is 0. The Morgan fingerprint density at radius 2 is 1.45 bits per heavy atom. The molecule has 8 aromatic rings. The summed E-state index contributed by atoms with van der Waals surface area (Å²) in [7, 11) is 0. The Morgan fingerprint density at radius 3 is 2.34 bits per heavy atom. The minimum absolute atomic E-state index is 0.0731. The highest BCUT2D eigenvalue weighted by Crippen LogP contribution is 2.56. The van der Waals surface area contributed by atoms with Crippen LogP contribution in [0.25, 0.3) is 49.4 Å². The molecule has 0 saturated carbocycles. The van der Waals surface area contributed by atoms with Gasteiger partial charge in [-0.1, -0.05) is 140 Å². The van der Waals surface area contributed by atoms with Crippen LogP contribution in [0.2, 0.25) is 0 Å². The van der Waals surface area contributed by atoms with Crippen molar-refractivity contribution in [3.05, 3.63) is 199 Å². The number of para-hydroxylation sites is 2. The van der Waals surface area contributed by atoms with Crippen molar-refractivity contribution >= 4 is 67.1 Å². The Labute approximate surface area is 330 Å². The third-order valence-corrected chi connectivity index (χ3v) is 13.9. The molecule has 4 unspecified atom stereocenters. The zero-order chi connectivity index (χ0) is 36.7. The highest BCUT2D eigenvalue weighted by Gasteiger charge is 2.45. The Kier molecular flexibility index (Phi) is 7.25. The lowest BCUT2D eigenvalue weighted by Gasteiger charge is -2.42. The lowest BCUT2D eigenvalue weighted by Crippen LogP contribution is -2.43. The summed E-state index contributed by atoms with van der Waals surface area (Å²) in [6.07, 6.45) is 11.7. The van der Waals surface area contributed by atoms with Crippen molar-refractivity contribution in [3.63, 3.8) is 0 Å². The van der Waals surface area contributed by atoms with E-state index in [4.69, 9.17) is 4.42 Å². The first-order valence-corrected chi connectivity index (χ1v) is 20.7. The van der Waals surface area contributed by atoms with Gasteiger partial charge in [-0.2, -0.15) is 0 Å². The Morgan fingerprint density at radius 1 is 0.679 bits per heavy atom. The van der Waals surface area contributed by atoms with Crippen LogP contribution in [0.4, 0.5) is 17.1 Å². The first-order chi connectivity index (χ1) is 27.8. The average molecular weight is 739 g/mol. The van der Waals surface area contributed by atoms with Crippen LogP contribution in [0.15, 0.2) is 197 Å². The number of nitrogens with zero attached hydrogens (tertiary/aromatic N) is 2. The average Bonchev–Trinajstić information content (AvgIpc) is 3.95. The molecule has 268 valence electrons. The lowest BCUT2D eigenvalue weighted by molar-refractivity contribution is 0.543. The maximum Gasteiger partial charge on any atom is 0.159 e. The summed E-state index contributed by atoms with van der Waals surface area (Å²) in [5.74, 6) is 0.371. The van der Waals surface area contributed by atoms with Crippen molar-refractivity contribution in [2.45, 2.75) is 41.0 Å². The minimum atomic E-state index is 0.0731. The smallest absolute Gasteiger partial charge is 0.159 e. The van der Waals surface area contributed by atoms with Crippen LogP contribution in [0, 0.1) is 0 Å². The second-order valence-corrected chi connectivity index (χ2v) is 16.6. The van der Waals surface area contributed by atoms with Crippen LogP contribution in [0.5, 0.6) is 0 Å². The fourth-order valence-corrected chi connectivity index (χ4v) is 11.6. The molecule has 4 atom stereocenters. The molecule has 0 amide bonds. The van der Waals surface area contributed by atoms with E-state index in [2.05, 4.69) is 192 Å². The Bertz CT molecular complexity index is 2940. The number of fused-ring (bicyclic) bond motifs is 11. The predicted molar refractivity (Wildman–Crippen MR) is 235 cm³/mol. The molecule has 56 heavy (non-hydrogen) atoms. The zero-order valence-electron chi connectivity index (χ0n) is 30.8. The van der Waals surface area contributed by atoms with Gasteiger partial charge in [0.15, 0.2) is 5.58 Å². The van der Waals surface area contributed by atoms with Gasteiger partial charge in [0.1, 0.15) is 5.58 Å². The van der Waals surface area contributed by atoms with Gasteiger partial charge in [0, 0.05) is 38.7 Å². The second kappa shape index (κ2) is 12.7. The molecule has 2 aliphatic carbocycles. The third kappa shape index (κ3) is 4.79.